The fourth-order valence-corrected chi connectivity index (χ4v) is 1.90. The van der Waals surface area contributed by atoms with E-state index in [-0.39, 0.29) is 16.9 Å². The van der Waals surface area contributed by atoms with Crippen molar-refractivity contribution in [3.05, 3.63) is 71.0 Å². The number of aromatic amines is 1. The lowest BCUT2D eigenvalue weighted by Crippen LogP contribution is -2.09. The molecule has 0 saturated carbocycles. The zero-order chi connectivity index (χ0) is 13.9. The van der Waals surface area contributed by atoms with Crippen LogP contribution < -0.4 is 5.56 Å². The third-order valence-corrected chi connectivity index (χ3v) is 2.83. The highest BCUT2D eigenvalue weighted by molar-refractivity contribution is 5.62. The van der Waals surface area contributed by atoms with E-state index in [2.05, 4.69) is 15.0 Å². The van der Waals surface area contributed by atoms with Gasteiger partial charge in [0.15, 0.2) is 0 Å². The Balaban J connectivity index is 2.18. The molecular formula is C15H10FN3O. The number of H-pyrrole nitrogens is 1. The quantitative estimate of drug-likeness (QED) is 0.776. The van der Waals surface area contributed by atoms with E-state index in [1.807, 2.05) is 0 Å². The summed E-state index contributed by atoms with van der Waals surface area (Å²) in [7, 11) is 0. The van der Waals surface area contributed by atoms with Gasteiger partial charge in [0.2, 0.25) is 0 Å². The van der Waals surface area contributed by atoms with Crippen LogP contribution in [0.2, 0.25) is 0 Å². The van der Waals surface area contributed by atoms with Crippen LogP contribution in [0.3, 0.4) is 0 Å². The van der Waals surface area contributed by atoms with E-state index in [1.54, 1.807) is 42.7 Å². The standard InChI is InChI=1S/C15H10FN3O/c16-12-6-2-1-5-11(12)15-18-13(8-14(20)19-15)10-4-3-7-17-9-10/h1-9H,(H,18,19,20). The summed E-state index contributed by atoms with van der Waals surface area (Å²) >= 11 is 0. The van der Waals surface area contributed by atoms with Crippen LogP contribution in [-0.4, -0.2) is 15.0 Å². The number of aromatic nitrogens is 3. The summed E-state index contributed by atoms with van der Waals surface area (Å²) < 4.78 is 13.8. The van der Waals surface area contributed by atoms with Crippen molar-refractivity contribution in [3.8, 4) is 22.6 Å². The van der Waals surface area contributed by atoms with Crippen LogP contribution in [0.4, 0.5) is 4.39 Å². The molecule has 5 heteroatoms. The topological polar surface area (TPSA) is 58.6 Å². The number of hydrogen-bond donors (Lipinski definition) is 1. The summed E-state index contributed by atoms with van der Waals surface area (Å²) in [6, 6.07) is 11.1. The molecule has 0 atom stereocenters. The number of pyridine rings is 1. The first kappa shape index (κ1) is 12.2. The molecule has 0 amide bonds. The zero-order valence-corrected chi connectivity index (χ0v) is 10.4. The average molecular weight is 267 g/mol. The molecule has 0 radical (unpaired) electrons. The molecule has 3 rings (SSSR count). The number of hydrogen-bond acceptors (Lipinski definition) is 3. The average Bonchev–Trinajstić information content (AvgIpc) is 2.48. The van der Waals surface area contributed by atoms with E-state index in [1.165, 1.54) is 12.1 Å². The summed E-state index contributed by atoms with van der Waals surface area (Å²) in [5.41, 5.74) is 1.09. The molecule has 98 valence electrons. The molecule has 1 N–H and O–H groups in total. The van der Waals surface area contributed by atoms with Crippen LogP contribution in [0.5, 0.6) is 0 Å². The first-order valence-corrected chi connectivity index (χ1v) is 6.01. The molecule has 0 saturated heterocycles. The van der Waals surface area contributed by atoms with Crippen molar-refractivity contribution in [1.82, 2.24) is 15.0 Å². The Hall–Kier alpha value is -2.82. The summed E-state index contributed by atoms with van der Waals surface area (Å²) in [5, 5.41) is 0. The predicted octanol–water partition coefficient (Wildman–Crippen LogP) is 2.64. The number of nitrogens with one attached hydrogen (secondary N) is 1. The Bertz CT molecular complexity index is 799. The highest BCUT2D eigenvalue weighted by Crippen LogP contribution is 2.20. The van der Waals surface area contributed by atoms with Gasteiger partial charge in [-0.1, -0.05) is 12.1 Å². The zero-order valence-electron chi connectivity index (χ0n) is 10.4. The molecule has 20 heavy (non-hydrogen) atoms. The highest BCUT2D eigenvalue weighted by Gasteiger charge is 2.09. The molecule has 0 unspecified atom stereocenters. The van der Waals surface area contributed by atoms with Gasteiger partial charge in [-0.3, -0.25) is 9.78 Å². The number of nitrogens with zero attached hydrogens (tertiary/aromatic N) is 2. The maximum atomic E-state index is 13.8. The summed E-state index contributed by atoms with van der Waals surface area (Å²) in [5.74, 6) is -0.228. The van der Waals surface area contributed by atoms with Crippen LogP contribution in [-0.2, 0) is 0 Å². The van der Waals surface area contributed by atoms with Crippen molar-refractivity contribution >= 4 is 0 Å². The van der Waals surface area contributed by atoms with Gasteiger partial charge in [-0.2, -0.15) is 0 Å². The Kier molecular flexibility index (Phi) is 3.09. The first-order valence-electron chi connectivity index (χ1n) is 6.01. The molecule has 4 nitrogen and oxygen atoms in total. The molecule has 0 aliphatic carbocycles. The van der Waals surface area contributed by atoms with Gasteiger partial charge >= 0.3 is 0 Å². The molecule has 0 aliphatic heterocycles. The number of benzene rings is 1. The molecule has 2 heterocycles. The summed E-state index contributed by atoms with van der Waals surface area (Å²) in [6.07, 6.45) is 3.24. The second-order valence-electron chi connectivity index (χ2n) is 4.20. The Labute approximate surface area is 114 Å². The van der Waals surface area contributed by atoms with Gasteiger partial charge < -0.3 is 4.98 Å². The maximum Gasteiger partial charge on any atom is 0.251 e. The second kappa shape index (κ2) is 5.05. The molecule has 0 bridgehead atoms. The van der Waals surface area contributed by atoms with Crippen LogP contribution in [0.1, 0.15) is 0 Å². The molecule has 2 aromatic heterocycles. The minimum atomic E-state index is -0.431. The second-order valence-corrected chi connectivity index (χ2v) is 4.20. The summed E-state index contributed by atoms with van der Waals surface area (Å²) in [4.78, 5) is 22.6. The van der Waals surface area contributed by atoms with Crippen LogP contribution in [0, 0.1) is 5.82 Å². The Morgan fingerprint density at radius 1 is 1.10 bits per heavy atom. The molecule has 1 aromatic carbocycles. The van der Waals surface area contributed by atoms with Crippen LogP contribution in [0.15, 0.2) is 59.7 Å². The van der Waals surface area contributed by atoms with Crippen molar-refractivity contribution < 1.29 is 4.39 Å². The van der Waals surface area contributed by atoms with Gasteiger partial charge in [-0.15, -0.1) is 0 Å². The monoisotopic (exact) mass is 267 g/mol. The van der Waals surface area contributed by atoms with E-state index in [0.717, 1.165) is 0 Å². The van der Waals surface area contributed by atoms with E-state index in [9.17, 15) is 9.18 Å². The van der Waals surface area contributed by atoms with Crippen molar-refractivity contribution in [2.75, 3.05) is 0 Å². The first-order chi connectivity index (χ1) is 9.74. The molecule has 3 aromatic rings. The predicted molar refractivity (Wildman–Crippen MR) is 73.5 cm³/mol. The lowest BCUT2D eigenvalue weighted by Gasteiger charge is -2.05. The minimum absolute atomic E-state index is 0.203. The van der Waals surface area contributed by atoms with Gasteiger partial charge in [-0.25, -0.2) is 9.37 Å². The van der Waals surface area contributed by atoms with Gasteiger partial charge in [0.1, 0.15) is 11.6 Å². The maximum absolute atomic E-state index is 13.8. The Morgan fingerprint density at radius 2 is 1.95 bits per heavy atom. The number of halogens is 1. The van der Waals surface area contributed by atoms with Crippen molar-refractivity contribution in [3.63, 3.8) is 0 Å². The van der Waals surface area contributed by atoms with E-state index in [4.69, 9.17) is 0 Å². The molecule has 0 spiro atoms. The normalized spacial score (nSPS) is 10.4. The van der Waals surface area contributed by atoms with Crippen molar-refractivity contribution in [2.24, 2.45) is 0 Å². The Morgan fingerprint density at radius 3 is 2.70 bits per heavy atom. The van der Waals surface area contributed by atoms with Gasteiger partial charge in [-0.05, 0) is 24.3 Å². The van der Waals surface area contributed by atoms with Crippen LogP contribution >= 0.6 is 0 Å². The van der Waals surface area contributed by atoms with E-state index >= 15 is 0 Å². The van der Waals surface area contributed by atoms with Crippen molar-refractivity contribution in [2.45, 2.75) is 0 Å². The van der Waals surface area contributed by atoms with Crippen molar-refractivity contribution in [1.29, 1.82) is 0 Å². The molecular weight excluding hydrogens is 257 g/mol. The van der Waals surface area contributed by atoms with E-state index in [0.29, 0.717) is 11.3 Å². The SMILES string of the molecule is O=c1cc(-c2cccnc2)nc(-c2ccccc2F)[nH]1. The minimum Gasteiger partial charge on any atom is -0.306 e. The third-order valence-electron chi connectivity index (χ3n) is 2.83. The summed E-state index contributed by atoms with van der Waals surface area (Å²) in [6.45, 7) is 0. The highest BCUT2D eigenvalue weighted by atomic mass is 19.1. The van der Waals surface area contributed by atoms with E-state index < -0.39 is 5.82 Å². The van der Waals surface area contributed by atoms with Gasteiger partial charge in [0, 0.05) is 24.0 Å². The number of rotatable bonds is 2. The lowest BCUT2D eigenvalue weighted by molar-refractivity contribution is 0.630. The largest absolute Gasteiger partial charge is 0.306 e. The molecule has 0 fully saturated rings. The smallest absolute Gasteiger partial charge is 0.251 e. The fourth-order valence-electron chi connectivity index (χ4n) is 1.90. The van der Waals surface area contributed by atoms with Gasteiger partial charge in [0.05, 0.1) is 11.3 Å². The van der Waals surface area contributed by atoms with Gasteiger partial charge in [0.25, 0.3) is 5.56 Å². The fraction of sp³-hybridized carbons (Fsp3) is 0. The third kappa shape index (κ3) is 2.33. The van der Waals surface area contributed by atoms with Crippen LogP contribution in [0.25, 0.3) is 22.6 Å². The molecule has 0 aliphatic rings. The lowest BCUT2D eigenvalue weighted by atomic mass is 10.1.